The Bertz CT molecular complexity index is 838. The van der Waals surface area contributed by atoms with E-state index in [0.717, 1.165) is 63.4 Å². The minimum Gasteiger partial charge on any atom is -0.494 e. The predicted molar refractivity (Wildman–Crippen MR) is 131 cm³/mol. The molecule has 0 aliphatic carbocycles. The number of nitrogens with one attached hydrogen (secondary N) is 2. The van der Waals surface area contributed by atoms with Crippen molar-refractivity contribution in [1.82, 2.24) is 20.6 Å². The second-order valence-electron chi connectivity index (χ2n) is 9.23. The van der Waals surface area contributed by atoms with Crippen molar-refractivity contribution in [3.8, 4) is 5.75 Å². The third kappa shape index (κ3) is 6.33. The van der Waals surface area contributed by atoms with Gasteiger partial charge < -0.3 is 20.3 Å². The highest BCUT2D eigenvalue weighted by atomic mass is 35.5. The van der Waals surface area contributed by atoms with Gasteiger partial charge in [0.05, 0.1) is 24.0 Å². The molecular formula is C25H36ClN5O. The van der Waals surface area contributed by atoms with Crippen molar-refractivity contribution in [2.45, 2.75) is 58.5 Å². The van der Waals surface area contributed by atoms with Crippen LogP contribution in [0.25, 0.3) is 0 Å². The first-order chi connectivity index (χ1) is 15.6. The lowest BCUT2D eigenvalue weighted by atomic mass is 9.92. The molecule has 174 valence electrons. The van der Waals surface area contributed by atoms with Crippen LogP contribution in [0.1, 0.15) is 48.8 Å². The van der Waals surface area contributed by atoms with Crippen molar-refractivity contribution in [2.24, 2.45) is 5.92 Å². The number of nitrogens with zero attached hydrogens (tertiary/aromatic N) is 3. The van der Waals surface area contributed by atoms with E-state index in [2.05, 4.69) is 51.5 Å². The van der Waals surface area contributed by atoms with Crippen LogP contribution in [0.3, 0.4) is 0 Å². The lowest BCUT2D eigenvalue weighted by Gasteiger charge is -2.32. The van der Waals surface area contributed by atoms with E-state index in [9.17, 15) is 0 Å². The molecule has 1 aromatic heterocycles. The van der Waals surface area contributed by atoms with Gasteiger partial charge in [0.25, 0.3) is 0 Å². The van der Waals surface area contributed by atoms with Crippen molar-refractivity contribution in [3.63, 3.8) is 0 Å². The zero-order chi connectivity index (χ0) is 22.3. The zero-order valence-electron chi connectivity index (χ0n) is 19.4. The monoisotopic (exact) mass is 457 g/mol. The Morgan fingerprint density at radius 3 is 2.50 bits per heavy atom. The highest BCUT2D eigenvalue weighted by Gasteiger charge is 2.21. The summed E-state index contributed by atoms with van der Waals surface area (Å²) in [5.41, 5.74) is 4.03. The summed E-state index contributed by atoms with van der Waals surface area (Å²) in [6, 6.07) is 4.98. The second-order valence-corrected chi connectivity index (χ2v) is 9.67. The van der Waals surface area contributed by atoms with Gasteiger partial charge in [0.2, 0.25) is 5.95 Å². The minimum atomic E-state index is 0.585. The largest absolute Gasteiger partial charge is 0.494 e. The van der Waals surface area contributed by atoms with Crippen molar-refractivity contribution < 1.29 is 4.74 Å². The number of piperidine rings is 1. The van der Waals surface area contributed by atoms with Crippen LogP contribution in [-0.2, 0) is 6.54 Å². The van der Waals surface area contributed by atoms with Crippen LogP contribution in [0, 0.1) is 19.8 Å². The fourth-order valence-corrected chi connectivity index (χ4v) is 4.94. The molecule has 32 heavy (non-hydrogen) atoms. The molecule has 2 N–H and O–H groups in total. The van der Waals surface area contributed by atoms with Crippen molar-refractivity contribution in [2.75, 3.05) is 37.7 Å². The Morgan fingerprint density at radius 2 is 1.84 bits per heavy atom. The highest BCUT2D eigenvalue weighted by molar-refractivity contribution is 6.30. The van der Waals surface area contributed by atoms with Gasteiger partial charge in [-0.05, 0) is 87.2 Å². The maximum atomic E-state index is 6.12. The zero-order valence-corrected chi connectivity index (χ0v) is 20.1. The van der Waals surface area contributed by atoms with E-state index < -0.39 is 0 Å². The topological polar surface area (TPSA) is 62.3 Å². The summed E-state index contributed by atoms with van der Waals surface area (Å²) in [7, 11) is 0. The van der Waals surface area contributed by atoms with Gasteiger partial charge in [0.1, 0.15) is 5.75 Å². The first kappa shape index (κ1) is 23.3. The molecule has 1 atom stereocenters. The average Bonchev–Trinajstić information content (AvgIpc) is 3.31. The normalized spacial score (nSPS) is 19.5. The molecule has 0 radical (unpaired) electrons. The number of aromatic nitrogens is 2. The third-order valence-corrected chi connectivity index (χ3v) is 7.02. The smallest absolute Gasteiger partial charge is 0.225 e. The third-order valence-electron chi connectivity index (χ3n) is 6.83. The molecule has 7 heteroatoms. The Hall–Kier alpha value is -1.89. The number of rotatable bonds is 9. The number of benzene rings is 1. The number of hydrogen-bond acceptors (Lipinski definition) is 6. The van der Waals surface area contributed by atoms with E-state index >= 15 is 0 Å². The van der Waals surface area contributed by atoms with Crippen LogP contribution in [0.5, 0.6) is 5.75 Å². The van der Waals surface area contributed by atoms with E-state index in [1.54, 1.807) is 12.4 Å². The van der Waals surface area contributed by atoms with Crippen LogP contribution >= 0.6 is 11.6 Å². The Kier molecular flexibility index (Phi) is 8.22. The lowest BCUT2D eigenvalue weighted by Crippen LogP contribution is -2.34. The van der Waals surface area contributed by atoms with Crippen molar-refractivity contribution in [1.29, 1.82) is 0 Å². The van der Waals surface area contributed by atoms with Crippen LogP contribution in [0.15, 0.2) is 24.5 Å². The summed E-state index contributed by atoms with van der Waals surface area (Å²) in [6.45, 7) is 10.3. The van der Waals surface area contributed by atoms with E-state index in [4.69, 9.17) is 16.3 Å². The van der Waals surface area contributed by atoms with Gasteiger partial charge in [-0.25, -0.2) is 9.97 Å². The SMILES string of the molecule is Cc1cc(OCCCC2CCN(c3ncc(Cl)cn3)CC2)cc(C)c1CNC1CCNC1. The first-order valence-corrected chi connectivity index (χ1v) is 12.4. The maximum Gasteiger partial charge on any atom is 0.225 e. The Labute approximate surface area is 197 Å². The van der Waals surface area contributed by atoms with Gasteiger partial charge in [-0.1, -0.05) is 11.6 Å². The van der Waals surface area contributed by atoms with Gasteiger partial charge in [0.15, 0.2) is 0 Å². The molecule has 2 saturated heterocycles. The Morgan fingerprint density at radius 1 is 1.12 bits per heavy atom. The van der Waals surface area contributed by atoms with Crippen LogP contribution in [0.4, 0.5) is 5.95 Å². The molecule has 2 aliphatic heterocycles. The summed E-state index contributed by atoms with van der Waals surface area (Å²) < 4.78 is 6.12. The lowest BCUT2D eigenvalue weighted by molar-refractivity contribution is 0.278. The van der Waals surface area contributed by atoms with Gasteiger partial charge in [-0.2, -0.15) is 0 Å². The maximum absolute atomic E-state index is 6.12. The molecule has 2 aromatic rings. The van der Waals surface area contributed by atoms with E-state index in [1.165, 1.54) is 42.4 Å². The van der Waals surface area contributed by atoms with Crippen LogP contribution in [0.2, 0.25) is 5.02 Å². The number of anilines is 1. The number of ether oxygens (including phenoxy) is 1. The molecule has 4 rings (SSSR count). The predicted octanol–water partition coefficient (Wildman–Crippen LogP) is 4.27. The molecule has 1 aromatic carbocycles. The van der Waals surface area contributed by atoms with Gasteiger partial charge in [0, 0.05) is 32.2 Å². The molecule has 0 spiro atoms. The fourth-order valence-electron chi connectivity index (χ4n) is 4.84. The summed E-state index contributed by atoms with van der Waals surface area (Å²) in [6.07, 6.45) is 9.24. The number of aryl methyl sites for hydroxylation is 2. The first-order valence-electron chi connectivity index (χ1n) is 12.0. The van der Waals surface area contributed by atoms with Gasteiger partial charge in [-0.3, -0.25) is 0 Å². The van der Waals surface area contributed by atoms with E-state index in [1.807, 2.05) is 0 Å². The molecule has 3 heterocycles. The number of halogens is 1. The molecule has 1 unspecified atom stereocenters. The van der Waals surface area contributed by atoms with E-state index in [-0.39, 0.29) is 0 Å². The average molecular weight is 458 g/mol. The van der Waals surface area contributed by atoms with E-state index in [0.29, 0.717) is 11.1 Å². The van der Waals surface area contributed by atoms with Crippen LogP contribution in [-0.4, -0.2) is 48.8 Å². The van der Waals surface area contributed by atoms with Gasteiger partial charge >= 0.3 is 0 Å². The molecule has 0 bridgehead atoms. The summed E-state index contributed by atoms with van der Waals surface area (Å²) >= 11 is 5.89. The quantitative estimate of drug-likeness (QED) is 0.548. The van der Waals surface area contributed by atoms with Crippen molar-refractivity contribution >= 4 is 17.5 Å². The molecular weight excluding hydrogens is 422 g/mol. The Balaban J connectivity index is 1.17. The molecule has 2 fully saturated rings. The van der Waals surface area contributed by atoms with Crippen molar-refractivity contribution in [3.05, 3.63) is 46.2 Å². The summed E-state index contributed by atoms with van der Waals surface area (Å²) in [4.78, 5) is 10.9. The fraction of sp³-hybridized carbons (Fsp3) is 0.600. The summed E-state index contributed by atoms with van der Waals surface area (Å²) in [5.74, 6) is 2.55. The minimum absolute atomic E-state index is 0.585. The van der Waals surface area contributed by atoms with Crippen LogP contribution < -0.4 is 20.3 Å². The molecule has 0 saturated carbocycles. The standard InChI is InChI=1S/C25H36ClN5O/c1-18-12-23(13-19(2)24(18)17-28-22-5-8-27-16-22)32-11-3-4-20-6-9-31(10-7-20)25-29-14-21(26)15-30-25/h12-15,20,22,27-28H,3-11,16-17H2,1-2H3. The summed E-state index contributed by atoms with van der Waals surface area (Å²) in [5, 5.41) is 7.68. The molecule has 2 aliphatic rings. The molecule has 0 amide bonds. The highest BCUT2D eigenvalue weighted by Crippen LogP contribution is 2.26. The van der Waals surface area contributed by atoms with Gasteiger partial charge in [-0.15, -0.1) is 0 Å². The second kappa shape index (κ2) is 11.3. The number of hydrogen-bond donors (Lipinski definition) is 2. The molecule has 6 nitrogen and oxygen atoms in total.